The van der Waals surface area contributed by atoms with Crippen LogP contribution in [0, 0.1) is 5.41 Å². The Morgan fingerprint density at radius 1 is 1.27 bits per heavy atom. The standard InChI is InChI=1S/C22H30N8O3/c1-14-8-22(21(32)30(14)18-12-33-20(31)15(18)2)6-4-17(5-7-22)28(3)11-16-9-24-19(10-23-16)29-13-25-26-27-29/h9-10,13-14,17,20,31H,4-8,11-12H2,1-3H3/t14-,17-,20?,22-/m1/s1. The second kappa shape index (κ2) is 8.54. The largest absolute Gasteiger partial charge is 0.364 e. The van der Waals surface area contributed by atoms with Gasteiger partial charge >= 0.3 is 0 Å². The molecule has 2 atom stereocenters. The van der Waals surface area contributed by atoms with Gasteiger partial charge in [0.2, 0.25) is 5.91 Å². The highest BCUT2D eigenvalue weighted by atomic mass is 16.6. The lowest BCUT2D eigenvalue weighted by atomic mass is 9.70. The Kier molecular flexibility index (Phi) is 5.71. The molecule has 1 N–H and O–H groups in total. The summed E-state index contributed by atoms with van der Waals surface area (Å²) in [5.74, 6) is 0.780. The number of nitrogens with zero attached hydrogens (tertiary/aromatic N) is 8. The summed E-state index contributed by atoms with van der Waals surface area (Å²) in [6.45, 7) is 4.95. The third kappa shape index (κ3) is 3.94. The lowest BCUT2D eigenvalue weighted by Gasteiger charge is -2.39. The molecule has 4 heterocycles. The fourth-order valence-corrected chi connectivity index (χ4v) is 5.60. The minimum atomic E-state index is -0.897. The van der Waals surface area contributed by atoms with Crippen LogP contribution in [0.3, 0.4) is 0 Å². The molecule has 3 aliphatic rings. The minimum Gasteiger partial charge on any atom is -0.364 e. The molecule has 5 rings (SSSR count). The molecule has 1 saturated heterocycles. The normalized spacial score (nSPS) is 30.3. The van der Waals surface area contributed by atoms with E-state index in [-0.39, 0.29) is 17.4 Å². The molecule has 1 saturated carbocycles. The number of likely N-dealkylation sites (tertiary alicyclic amines) is 1. The van der Waals surface area contributed by atoms with Crippen LogP contribution in [-0.4, -0.2) is 83.0 Å². The van der Waals surface area contributed by atoms with E-state index in [0.29, 0.717) is 25.0 Å². The third-order valence-electron chi connectivity index (χ3n) is 7.52. The Labute approximate surface area is 192 Å². The monoisotopic (exact) mass is 454 g/mol. The predicted molar refractivity (Wildman–Crippen MR) is 116 cm³/mol. The number of carbonyl (C=O) groups excluding carboxylic acids is 1. The molecule has 1 amide bonds. The van der Waals surface area contributed by atoms with Gasteiger partial charge in [-0.2, -0.15) is 4.68 Å². The van der Waals surface area contributed by atoms with Crippen molar-refractivity contribution in [3.8, 4) is 5.82 Å². The maximum Gasteiger partial charge on any atom is 0.233 e. The Bertz CT molecular complexity index is 1030. The van der Waals surface area contributed by atoms with Gasteiger partial charge in [0.15, 0.2) is 12.1 Å². The number of aliphatic hydroxyl groups excluding tert-OH is 1. The van der Waals surface area contributed by atoms with Crippen LogP contribution in [-0.2, 0) is 16.1 Å². The first-order valence-electron chi connectivity index (χ1n) is 11.5. The van der Waals surface area contributed by atoms with Crippen molar-refractivity contribution in [3.63, 3.8) is 0 Å². The van der Waals surface area contributed by atoms with Gasteiger partial charge < -0.3 is 14.7 Å². The van der Waals surface area contributed by atoms with Crippen LogP contribution < -0.4 is 0 Å². The zero-order valence-electron chi connectivity index (χ0n) is 19.3. The van der Waals surface area contributed by atoms with Crippen LogP contribution in [0.2, 0.25) is 0 Å². The van der Waals surface area contributed by atoms with E-state index < -0.39 is 6.29 Å². The van der Waals surface area contributed by atoms with E-state index in [9.17, 15) is 9.90 Å². The molecule has 2 aromatic heterocycles. The third-order valence-corrected chi connectivity index (χ3v) is 7.52. The number of carbonyl (C=O) groups is 1. The highest BCUT2D eigenvalue weighted by Gasteiger charge is 2.53. The quantitative estimate of drug-likeness (QED) is 0.706. The molecule has 33 heavy (non-hydrogen) atoms. The summed E-state index contributed by atoms with van der Waals surface area (Å²) < 4.78 is 6.83. The summed E-state index contributed by atoms with van der Waals surface area (Å²) in [7, 11) is 2.11. The number of hydrogen-bond donors (Lipinski definition) is 1. The molecular weight excluding hydrogens is 424 g/mol. The number of tetrazole rings is 1. The molecule has 11 heteroatoms. The predicted octanol–water partition coefficient (Wildman–Crippen LogP) is 1.06. The topological polar surface area (TPSA) is 122 Å². The van der Waals surface area contributed by atoms with Crippen molar-refractivity contribution in [2.45, 2.75) is 70.9 Å². The molecule has 176 valence electrons. The number of amides is 1. The average Bonchev–Trinajstić information content (AvgIpc) is 3.51. The van der Waals surface area contributed by atoms with Gasteiger partial charge in [0.1, 0.15) is 6.33 Å². The zero-order valence-corrected chi connectivity index (χ0v) is 19.3. The maximum atomic E-state index is 13.5. The lowest BCUT2D eigenvalue weighted by molar-refractivity contribution is -0.137. The highest BCUT2D eigenvalue weighted by molar-refractivity contribution is 5.87. The van der Waals surface area contributed by atoms with Crippen LogP contribution in [0.1, 0.15) is 51.6 Å². The molecule has 1 spiro atoms. The molecule has 0 bridgehead atoms. The Balaban J connectivity index is 1.20. The number of aromatic nitrogens is 6. The van der Waals surface area contributed by atoms with E-state index in [1.165, 1.54) is 11.0 Å². The number of aliphatic hydroxyl groups is 1. The van der Waals surface area contributed by atoms with Crippen LogP contribution in [0.4, 0.5) is 0 Å². The Morgan fingerprint density at radius 3 is 2.67 bits per heavy atom. The van der Waals surface area contributed by atoms with Gasteiger partial charge in [-0.3, -0.25) is 14.7 Å². The minimum absolute atomic E-state index is 0.125. The van der Waals surface area contributed by atoms with Crippen LogP contribution in [0.15, 0.2) is 30.0 Å². The average molecular weight is 455 g/mol. The van der Waals surface area contributed by atoms with Gasteiger partial charge in [-0.05, 0) is 63.4 Å². The fourth-order valence-electron chi connectivity index (χ4n) is 5.60. The molecule has 1 unspecified atom stereocenters. The molecule has 1 aliphatic carbocycles. The van der Waals surface area contributed by atoms with Crippen molar-refractivity contribution < 1.29 is 14.6 Å². The van der Waals surface area contributed by atoms with Crippen molar-refractivity contribution in [2.24, 2.45) is 5.41 Å². The first-order chi connectivity index (χ1) is 15.9. The first kappa shape index (κ1) is 22.1. The van der Waals surface area contributed by atoms with Crippen molar-refractivity contribution in [3.05, 3.63) is 35.7 Å². The molecule has 0 aromatic carbocycles. The van der Waals surface area contributed by atoms with E-state index in [4.69, 9.17) is 4.74 Å². The van der Waals surface area contributed by atoms with Crippen molar-refractivity contribution >= 4 is 5.91 Å². The summed E-state index contributed by atoms with van der Waals surface area (Å²) in [6, 6.07) is 0.519. The summed E-state index contributed by atoms with van der Waals surface area (Å²) in [6.07, 6.45) is 8.56. The van der Waals surface area contributed by atoms with Gasteiger partial charge in [-0.1, -0.05) is 0 Å². The molecule has 11 nitrogen and oxygen atoms in total. The van der Waals surface area contributed by atoms with Gasteiger partial charge in [-0.15, -0.1) is 5.10 Å². The van der Waals surface area contributed by atoms with E-state index in [1.807, 2.05) is 11.8 Å². The van der Waals surface area contributed by atoms with Gasteiger partial charge in [0.05, 0.1) is 35.8 Å². The summed E-state index contributed by atoms with van der Waals surface area (Å²) in [4.78, 5) is 26.7. The number of ether oxygens (including phenoxy) is 1. The highest BCUT2D eigenvalue weighted by Crippen LogP contribution is 2.49. The van der Waals surface area contributed by atoms with E-state index in [0.717, 1.165) is 49.1 Å². The number of rotatable bonds is 5. The fraction of sp³-hybridized carbons (Fsp3) is 0.636. The van der Waals surface area contributed by atoms with Gasteiger partial charge in [0, 0.05) is 24.2 Å². The van der Waals surface area contributed by atoms with Crippen molar-refractivity contribution in [1.29, 1.82) is 0 Å². The summed E-state index contributed by atoms with van der Waals surface area (Å²) in [5, 5.41) is 21.0. The zero-order chi connectivity index (χ0) is 23.2. The Hall–Kier alpha value is -2.76. The number of hydrogen-bond acceptors (Lipinski definition) is 9. The van der Waals surface area contributed by atoms with Gasteiger partial charge in [-0.25, -0.2) is 4.98 Å². The van der Waals surface area contributed by atoms with E-state index in [2.05, 4.69) is 44.4 Å². The molecule has 0 radical (unpaired) electrons. The second-order valence-corrected chi connectivity index (χ2v) is 9.57. The molecule has 2 aliphatic heterocycles. The smallest absolute Gasteiger partial charge is 0.233 e. The van der Waals surface area contributed by atoms with Crippen LogP contribution >= 0.6 is 0 Å². The Morgan fingerprint density at radius 2 is 2.06 bits per heavy atom. The van der Waals surface area contributed by atoms with Crippen molar-refractivity contribution in [1.82, 2.24) is 40.0 Å². The van der Waals surface area contributed by atoms with Crippen LogP contribution in [0.5, 0.6) is 0 Å². The van der Waals surface area contributed by atoms with E-state index in [1.54, 1.807) is 12.4 Å². The first-order valence-corrected chi connectivity index (χ1v) is 11.5. The summed E-state index contributed by atoms with van der Waals surface area (Å²) in [5.41, 5.74) is 2.19. The molecular formula is C22H30N8O3. The molecule has 2 fully saturated rings. The molecule has 2 aromatic rings. The second-order valence-electron chi connectivity index (χ2n) is 9.57. The lowest BCUT2D eigenvalue weighted by Crippen LogP contribution is -2.42. The van der Waals surface area contributed by atoms with Crippen LogP contribution in [0.25, 0.3) is 5.82 Å². The van der Waals surface area contributed by atoms with Gasteiger partial charge in [0.25, 0.3) is 0 Å². The summed E-state index contributed by atoms with van der Waals surface area (Å²) >= 11 is 0. The SMILES string of the molecule is CC1=C(N2C(=O)[C@]3(CC[C@H](N(C)Cc4cnc(-n5cnnn5)cn4)CC3)C[C@H]2C)COC1O. The maximum absolute atomic E-state index is 13.5. The van der Waals surface area contributed by atoms with Crippen molar-refractivity contribution in [2.75, 3.05) is 13.7 Å². The van der Waals surface area contributed by atoms with E-state index >= 15 is 0 Å².